The van der Waals surface area contributed by atoms with E-state index in [-0.39, 0.29) is 11.5 Å². The summed E-state index contributed by atoms with van der Waals surface area (Å²) in [5.74, 6) is 1.44. The van der Waals surface area contributed by atoms with Crippen LogP contribution < -0.4 is 0 Å². The first kappa shape index (κ1) is 14.9. The number of benzene rings is 2. The van der Waals surface area contributed by atoms with Crippen LogP contribution in [0.15, 0.2) is 71.2 Å². The van der Waals surface area contributed by atoms with E-state index in [4.69, 9.17) is 4.42 Å². The molecule has 114 valence electrons. The Kier molecular flexibility index (Phi) is 4.11. The first-order chi connectivity index (χ1) is 11.1. The zero-order valence-electron chi connectivity index (χ0n) is 12.7. The van der Waals surface area contributed by atoms with E-state index >= 15 is 0 Å². The van der Waals surface area contributed by atoms with E-state index in [1.165, 1.54) is 6.08 Å². The van der Waals surface area contributed by atoms with Gasteiger partial charge in [0.25, 0.3) is 0 Å². The molecular weight excluding hydrogens is 288 g/mol. The lowest BCUT2D eigenvalue weighted by Crippen LogP contribution is -1.93. The summed E-state index contributed by atoms with van der Waals surface area (Å²) in [6.45, 7) is 1.98. The Hall–Kier alpha value is -3.07. The number of hydrogen-bond donors (Lipinski definition) is 1. The minimum absolute atomic E-state index is 0.0624. The average molecular weight is 304 g/mol. The SMILES string of the molecule is Cc1ccc(C(=O)/C=C/c2ccc(-c3ccc(O)cc3)o2)cc1. The Morgan fingerprint density at radius 2 is 1.65 bits per heavy atom. The fraction of sp³-hybridized carbons (Fsp3) is 0.0500. The summed E-state index contributed by atoms with van der Waals surface area (Å²) in [7, 11) is 0. The monoisotopic (exact) mass is 304 g/mol. The van der Waals surface area contributed by atoms with E-state index in [0.29, 0.717) is 17.1 Å². The Bertz CT molecular complexity index is 837. The zero-order valence-corrected chi connectivity index (χ0v) is 12.7. The van der Waals surface area contributed by atoms with E-state index < -0.39 is 0 Å². The summed E-state index contributed by atoms with van der Waals surface area (Å²) in [4.78, 5) is 12.1. The van der Waals surface area contributed by atoms with Gasteiger partial charge in [0.05, 0.1) is 0 Å². The lowest BCUT2D eigenvalue weighted by Gasteiger charge is -1.97. The first-order valence-electron chi connectivity index (χ1n) is 7.30. The second-order valence-electron chi connectivity index (χ2n) is 5.31. The lowest BCUT2D eigenvalue weighted by molar-refractivity contribution is 0.104. The van der Waals surface area contributed by atoms with Gasteiger partial charge in [-0.25, -0.2) is 0 Å². The highest BCUT2D eigenvalue weighted by molar-refractivity contribution is 6.06. The number of rotatable bonds is 4. The normalized spacial score (nSPS) is 11.0. The van der Waals surface area contributed by atoms with Crippen LogP contribution in [0.3, 0.4) is 0 Å². The summed E-state index contributed by atoms with van der Waals surface area (Å²) in [5.41, 5.74) is 2.64. The first-order valence-corrected chi connectivity index (χ1v) is 7.30. The zero-order chi connectivity index (χ0) is 16.2. The maximum atomic E-state index is 12.1. The minimum Gasteiger partial charge on any atom is -0.508 e. The minimum atomic E-state index is -0.0624. The van der Waals surface area contributed by atoms with Crippen molar-refractivity contribution >= 4 is 11.9 Å². The van der Waals surface area contributed by atoms with Crippen LogP contribution in [0.1, 0.15) is 21.7 Å². The highest BCUT2D eigenvalue weighted by atomic mass is 16.3. The molecule has 1 aromatic heterocycles. The molecular formula is C20H16O3. The molecule has 0 aliphatic carbocycles. The third-order valence-corrected chi connectivity index (χ3v) is 3.51. The van der Waals surface area contributed by atoms with Gasteiger partial charge in [-0.1, -0.05) is 29.8 Å². The molecule has 0 radical (unpaired) electrons. The number of carbonyl (C=O) groups excluding carboxylic acids is 1. The van der Waals surface area contributed by atoms with Crippen LogP contribution in [-0.2, 0) is 0 Å². The van der Waals surface area contributed by atoms with Gasteiger partial charge in [-0.05, 0) is 55.5 Å². The van der Waals surface area contributed by atoms with Crippen LogP contribution in [-0.4, -0.2) is 10.9 Å². The highest BCUT2D eigenvalue weighted by Gasteiger charge is 2.05. The Balaban J connectivity index is 1.74. The molecule has 2 aromatic carbocycles. The van der Waals surface area contributed by atoms with Crippen molar-refractivity contribution in [3.8, 4) is 17.1 Å². The van der Waals surface area contributed by atoms with Gasteiger partial charge in [-0.15, -0.1) is 0 Å². The molecule has 1 N–H and O–H groups in total. The van der Waals surface area contributed by atoms with Crippen molar-refractivity contribution in [2.75, 3.05) is 0 Å². The molecule has 3 heteroatoms. The fourth-order valence-corrected chi connectivity index (χ4v) is 2.20. The number of carbonyl (C=O) groups is 1. The molecule has 3 rings (SSSR count). The summed E-state index contributed by atoms with van der Waals surface area (Å²) < 4.78 is 5.69. The van der Waals surface area contributed by atoms with Crippen molar-refractivity contribution in [1.29, 1.82) is 0 Å². The van der Waals surface area contributed by atoms with E-state index in [2.05, 4.69) is 0 Å². The van der Waals surface area contributed by atoms with Gasteiger partial charge in [-0.2, -0.15) is 0 Å². The summed E-state index contributed by atoms with van der Waals surface area (Å²) in [6, 6.07) is 17.9. The van der Waals surface area contributed by atoms with Gasteiger partial charge in [0.1, 0.15) is 17.3 Å². The van der Waals surface area contributed by atoms with Crippen molar-refractivity contribution in [2.45, 2.75) is 6.92 Å². The van der Waals surface area contributed by atoms with Crippen molar-refractivity contribution in [3.05, 3.63) is 83.6 Å². The van der Waals surface area contributed by atoms with Gasteiger partial charge < -0.3 is 9.52 Å². The van der Waals surface area contributed by atoms with Crippen LogP contribution in [0.4, 0.5) is 0 Å². The maximum Gasteiger partial charge on any atom is 0.185 e. The van der Waals surface area contributed by atoms with Crippen LogP contribution >= 0.6 is 0 Å². The molecule has 0 spiro atoms. The quantitative estimate of drug-likeness (QED) is 0.553. The molecule has 0 saturated heterocycles. The second kappa shape index (κ2) is 6.36. The average Bonchev–Trinajstić information content (AvgIpc) is 3.03. The van der Waals surface area contributed by atoms with Gasteiger partial charge in [0, 0.05) is 11.1 Å². The number of hydrogen-bond acceptors (Lipinski definition) is 3. The van der Waals surface area contributed by atoms with Crippen LogP contribution in [0.25, 0.3) is 17.4 Å². The van der Waals surface area contributed by atoms with Gasteiger partial charge >= 0.3 is 0 Å². The Morgan fingerprint density at radius 1 is 0.957 bits per heavy atom. The van der Waals surface area contributed by atoms with Crippen molar-refractivity contribution < 1.29 is 14.3 Å². The summed E-state index contributed by atoms with van der Waals surface area (Å²) >= 11 is 0. The van der Waals surface area contributed by atoms with E-state index in [0.717, 1.165) is 11.1 Å². The standard InChI is InChI=1S/C20H16O3/c1-14-2-4-15(5-3-14)19(22)12-10-18-11-13-20(23-18)16-6-8-17(21)9-7-16/h2-13,21H,1H3/b12-10+. The molecule has 1 heterocycles. The Morgan fingerprint density at radius 3 is 2.35 bits per heavy atom. The van der Waals surface area contributed by atoms with Crippen LogP contribution in [0.5, 0.6) is 5.75 Å². The predicted molar refractivity (Wildman–Crippen MR) is 90.4 cm³/mol. The molecule has 0 amide bonds. The number of allylic oxidation sites excluding steroid dienone is 1. The fourth-order valence-electron chi connectivity index (χ4n) is 2.20. The largest absolute Gasteiger partial charge is 0.508 e. The molecule has 0 atom stereocenters. The van der Waals surface area contributed by atoms with Crippen LogP contribution in [0.2, 0.25) is 0 Å². The highest BCUT2D eigenvalue weighted by Crippen LogP contribution is 2.24. The number of aryl methyl sites for hydroxylation is 1. The molecule has 0 fully saturated rings. The summed E-state index contributed by atoms with van der Waals surface area (Å²) in [6.07, 6.45) is 3.16. The number of phenolic OH excluding ortho intramolecular Hbond substituents is 1. The number of ketones is 1. The Labute approximate surface area is 134 Å². The molecule has 0 aliphatic rings. The maximum absolute atomic E-state index is 12.1. The third kappa shape index (κ3) is 3.58. The topological polar surface area (TPSA) is 50.4 Å². The molecule has 3 aromatic rings. The van der Waals surface area contributed by atoms with E-state index in [9.17, 15) is 9.90 Å². The third-order valence-electron chi connectivity index (χ3n) is 3.51. The van der Waals surface area contributed by atoms with Gasteiger partial charge in [0.15, 0.2) is 5.78 Å². The van der Waals surface area contributed by atoms with E-state index in [1.54, 1.807) is 36.4 Å². The second-order valence-corrected chi connectivity index (χ2v) is 5.31. The van der Waals surface area contributed by atoms with Crippen molar-refractivity contribution in [2.24, 2.45) is 0 Å². The number of furan rings is 1. The van der Waals surface area contributed by atoms with Gasteiger partial charge in [0.2, 0.25) is 0 Å². The molecule has 0 aliphatic heterocycles. The molecule has 0 saturated carbocycles. The van der Waals surface area contributed by atoms with E-state index in [1.807, 2.05) is 37.3 Å². The van der Waals surface area contributed by atoms with Crippen LogP contribution in [0, 0.1) is 6.92 Å². The molecule has 23 heavy (non-hydrogen) atoms. The predicted octanol–water partition coefficient (Wildman–Crippen LogP) is 4.86. The number of phenols is 1. The molecule has 3 nitrogen and oxygen atoms in total. The molecule has 0 unspecified atom stereocenters. The van der Waals surface area contributed by atoms with Gasteiger partial charge in [-0.3, -0.25) is 4.79 Å². The smallest absolute Gasteiger partial charge is 0.185 e. The number of aromatic hydroxyl groups is 1. The van der Waals surface area contributed by atoms with Crippen molar-refractivity contribution in [1.82, 2.24) is 0 Å². The van der Waals surface area contributed by atoms with Crippen molar-refractivity contribution in [3.63, 3.8) is 0 Å². The lowest BCUT2D eigenvalue weighted by atomic mass is 10.1. The summed E-state index contributed by atoms with van der Waals surface area (Å²) in [5, 5.41) is 9.30. The molecule has 0 bridgehead atoms.